The van der Waals surface area contributed by atoms with E-state index < -0.39 is 6.10 Å². The van der Waals surface area contributed by atoms with Crippen molar-refractivity contribution in [2.75, 3.05) is 7.11 Å². The molecule has 1 atom stereocenters. The predicted octanol–water partition coefficient (Wildman–Crippen LogP) is 3.24. The normalized spacial score (nSPS) is 12.4. The number of aliphatic hydroxyl groups is 1. The standard InChI is InChI=1S/C15H18O3/c1-4-14-13(7-8-18-14)15(16)12-6-5-11(17-3)9-10(12)2/h5-9,15-16H,4H2,1-3H3. The van der Waals surface area contributed by atoms with Crippen molar-refractivity contribution in [1.29, 1.82) is 0 Å². The van der Waals surface area contributed by atoms with E-state index in [9.17, 15) is 5.11 Å². The fourth-order valence-electron chi connectivity index (χ4n) is 2.13. The molecule has 0 amide bonds. The lowest BCUT2D eigenvalue weighted by molar-refractivity contribution is 0.216. The van der Waals surface area contributed by atoms with Gasteiger partial charge in [-0.05, 0) is 36.2 Å². The summed E-state index contributed by atoms with van der Waals surface area (Å²) >= 11 is 0. The van der Waals surface area contributed by atoms with Crippen molar-refractivity contribution in [3.8, 4) is 5.75 Å². The average molecular weight is 246 g/mol. The van der Waals surface area contributed by atoms with Crippen LogP contribution in [0, 0.1) is 6.92 Å². The second kappa shape index (κ2) is 5.27. The fraction of sp³-hybridized carbons (Fsp3) is 0.333. The van der Waals surface area contributed by atoms with Crippen LogP contribution in [0.3, 0.4) is 0 Å². The molecule has 0 aliphatic heterocycles. The Hall–Kier alpha value is -1.74. The van der Waals surface area contributed by atoms with Crippen LogP contribution in [0.2, 0.25) is 0 Å². The third kappa shape index (κ3) is 2.27. The third-order valence-electron chi connectivity index (χ3n) is 3.17. The van der Waals surface area contributed by atoms with Gasteiger partial charge in [0.15, 0.2) is 0 Å². The second-order valence-electron chi connectivity index (χ2n) is 4.28. The van der Waals surface area contributed by atoms with Gasteiger partial charge in [-0.25, -0.2) is 0 Å². The van der Waals surface area contributed by atoms with Crippen LogP contribution in [0.1, 0.15) is 35.5 Å². The first-order valence-corrected chi connectivity index (χ1v) is 6.06. The lowest BCUT2D eigenvalue weighted by Crippen LogP contribution is -2.03. The molecule has 2 aromatic rings. The molecule has 1 aromatic carbocycles. The number of ether oxygens (including phenoxy) is 1. The number of hydrogen-bond donors (Lipinski definition) is 1. The van der Waals surface area contributed by atoms with E-state index in [4.69, 9.17) is 9.15 Å². The molecule has 1 unspecified atom stereocenters. The summed E-state index contributed by atoms with van der Waals surface area (Å²) in [5.74, 6) is 1.63. The number of benzene rings is 1. The second-order valence-corrected chi connectivity index (χ2v) is 4.28. The molecule has 0 saturated carbocycles. The minimum absolute atomic E-state index is 0.649. The summed E-state index contributed by atoms with van der Waals surface area (Å²) < 4.78 is 10.5. The van der Waals surface area contributed by atoms with Gasteiger partial charge in [-0.1, -0.05) is 13.0 Å². The van der Waals surface area contributed by atoms with Gasteiger partial charge in [0, 0.05) is 12.0 Å². The number of aliphatic hydroxyl groups excluding tert-OH is 1. The molecular weight excluding hydrogens is 228 g/mol. The first-order valence-electron chi connectivity index (χ1n) is 6.06. The molecule has 96 valence electrons. The van der Waals surface area contributed by atoms with E-state index in [2.05, 4.69) is 0 Å². The Morgan fingerprint density at radius 3 is 2.67 bits per heavy atom. The van der Waals surface area contributed by atoms with Gasteiger partial charge in [-0.15, -0.1) is 0 Å². The van der Waals surface area contributed by atoms with Crippen LogP contribution in [0.4, 0.5) is 0 Å². The van der Waals surface area contributed by atoms with Crippen molar-refractivity contribution < 1.29 is 14.3 Å². The Morgan fingerprint density at radius 1 is 1.28 bits per heavy atom. The van der Waals surface area contributed by atoms with Crippen LogP contribution in [-0.4, -0.2) is 12.2 Å². The smallest absolute Gasteiger partial charge is 0.119 e. The first-order chi connectivity index (χ1) is 8.67. The molecule has 0 spiro atoms. The maximum atomic E-state index is 10.4. The van der Waals surface area contributed by atoms with Crippen LogP contribution >= 0.6 is 0 Å². The minimum Gasteiger partial charge on any atom is -0.497 e. The van der Waals surface area contributed by atoms with Gasteiger partial charge >= 0.3 is 0 Å². The number of rotatable bonds is 4. The largest absolute Gasteiger partial charge is 0.497 e. The lowest BCUT2D eigenvalue weighted by Gasteiger charge is -2.14. The Labute approximate surface area is 107 Å². The number of hydrogen-bond acceptors (Lipinski definition) is 3. The van der Waals surface area contributed by atoms with Crippen molar-refractivity contribution in [3.63, 3.8) is 0 Å². The summed E-state index contributed by atoms with van der Waals surface area (Å²) in [5.41, 5.74) is 2.72. The SMILES string of the molecule is CCc1occc1C(O)c1ccc(OC)cc1C. The molecule has 0 saturated heterocycles. The zero-order chi connectivity index (χ0) is 13.1. The molecule has 3 nitrogen and oxygen atoms in total. The summed E-state index contributed by atoms with van der Waals surface area (Å²) in [6, 6.07) is 7.50. The third-order valence-corrected chi connectivity index (χ3v) is 3.17. The molecule has 1 aromatic heterocycles. The number of furan rings is 1. The van der Waals surface area contributed by atoms with Crippen LogP contribution in [-0.2, 0) is 6.42 Å². The highest BCUT2D eigenvalue weighted by atomic mass is 16.5. The molecule has 2 rings (SSSR count). The average Bonchev–Trinajstić information content (AvgIpc) is 2.86. The lowest BCUT2D eigenvalue weighted by atomic mass is 9.97. The van der Waals surface area contributed by atoms with Gasteiger partial charge in [0.25, 0.3) is 0 Å². The topological polar surface area (TPSA) is 42.6 Å². The van der Waals surface area contributed by atoms with Gasteiger partial charge in [0.2, 0.25) is 0 Å². The van der Waals surface area contributed by atoms with Crippen molar-refractivity contribution in [1.82, 2.24) is 0 Å². The first kappa shape index (κ1) is 12.7. The zero-order valence-electron chi connectivity index (χ0n) is 10.9. The summed E-state index contributed by atoms with van der Waals surface area (Å²) in [4.78, 5) is 0. The van der Waals surface area contributed by atoms with Gasteiger partial charge in [0.1, 0.15) is 17.6 Å². The fourth-order valence-corrected chi connectivity index (χ4v) is 2.13. The van der Waals surface area contributed by atoms with Crippen LogP contribution in [0.25, 0.3) is 0 Å². The van der Waals surface area contributed by atoms with Gasteiger partial charge in [-0.2, -0.15) is 0 Å². The van der Waals surface area contributed by atoms with E-state index >= 15 is 0 Å². The minimum atomic E-state index is -0.649. The number of aryl methyl sites for hydroxylation is 2. The summed E-state index contributed by atoms with van der Waals surface area (Å²) in [7, 11) is 1.64. The van der Waals surface area contributed by atoms with Gasteiger partial charge in [0.05, 0.1) is 13.4 Å². The molecule has 0 fully saturated rings. The highest BCUT2D eigenvalue weighted by molar-refractivity contribution is 5.40. The maximum absolute atomic E-state index is 10.4. The Kier molecular flexibility index (Phi) is 3.72. The molecule has 18 heavy (non-hydrogen) atoms. The summed E-state index contributed by atoms with van der Waals surface area (Å²) in [6.07, 6.45) is 1.75. The summed E-state index contributed by atoms with van der Waals surface area (Å²) in [6.45, 7) is 3.97. The van der Waals surface area contributed by atoms with E-state index in [1.165, 1.54) is 0 Å². The van der Waals surface area contributed by atoms with Crippen molar-refractivity contribution in [2.45, 2.75) is 26.4 Å². The van der Waals surface area contributed by atoms with Crippen LogP contribution < -0.4 is 4.74 Å². The Morgan fingerprint density at radius 2 is 2.06 bits per heavy atom. The molecule has 0 radical (unpaired) electrons. The van der Waals surface area contributed by atoms with Crippen molar-refractivity contribution in [2.24, 2.45) is 0 Å². The monoisotopic (exact) mass is 246 g/mol. The molecule has 0 aliphatic rings. The Bertz CT molecular complexity index is 528. The van der Waals surface area contributed by atoms with E-state index in [1.807, 2.05) is 38.1 Å². The molecular formula is C15H18O3. The van der Waals surface area contributed by atoms with Crippen LogP contribution in [0.15, 0.2) is 34.9 Å². The van der Waals surface area contributed by atoms with E-state index in [-0.39, 0.29) is 0 Å². The van der Waals surface area contributed by atoms with E-state index in [0.29, 0.717) is 0 Å². The van der Waals surface area contributed by atoms with Gasteiger partial charge < -0.3 is 14.3 Å². The van der Waals surface area contributed by atoms with E-state index in [1.54, 1.807) is 13.4 Å². The van der Waals surface area contributed by atoms with Gasteiger partial charge in [-0.3, -0.25) is 0 Å². The highest BCUT2D eigenvalue weighted by Gasteiger charge is 2.18. The van der Waals surface area contributed by atoms with Crippen molar-refractivity contribution in [3.05, 3.63) is 53.0 Å². The molecule has 1 N–H and O–H groups in total. The number of methoxy groups -OCH3 is 1. The quantitative estimate of drug-likeness (QED) is 0.900. The Balaban J connectivity index is 2.37. The predicted molar refractivity (Wildman–Crippen MR) is 69.9 cm³/mol. The zero-order valence-corrected chi connectivity index (χ0v) is 10.9. The van der Waals surface area contributed by atoms with E-state index in [0.717, 1.165) is 34.6 Å². The molecule has 0 bridgehead atoms. The van der Waals surface area contributed by atoms with Crippen LogP contribution in [0.5, 0.6) is 5.75 Å². The molecule has 3 heteroatoms. The highest BCUT2D eigenvalue weighted by Crippen LogP contribution is 2.30. The summed E-state index contributed by atoms with van der Waals surface area (Å²) in [5, 5.41) is 10.4. The molecule has 1 heterocycles. The van der Waals surface area contributed by atoms with Crippen molar-refractivity contribution >= 4 is 0 Å². The maximum Gasteiger partial charge on any atom is 0.119 e. The molecule has 0 aliphatic carbocycles.